The van der Waals surface area contributed by atoms with Gasteiger partial charge in [-0.25, -0.2) is 4.79 Å². The van der Waals surface area contributed by atoms with Crippen molar-refractivity contribution in [1.29, 1.82) is 5.26 Å². The Morgan fingerprint density at radius 1 is 0.547 bits per heavy atom. The van der Waals surface area contributed by atoms with Crippen LogP contribution in [0.5, 0.6) is 23.0 Å². The summed E-state index contributed by atoms with van der Waals surface area (Å²) < 4.78 is 10.3. The van der Waals surface area contributed by atoms with E-state index in [0.717, 1.165) is 24.3 Å². The maximum absolute atomic E-state index is 13.2. The van der Waals surface area contributed by atoms with Gasteiger partial charge in [-0.2, -0.15) is 5.26 Å². The average molecular weight is 863 g/mol. The quantitative estimate of drug-likeness (QED) is 0.0525. The number of nitrogens with one attached hydrogen (secondary N) is 5. The third kappa shape index (κ3) is 10.2. The van der Waals surface area contributed by atoms with Crippen molar-refractivity contribution in [2.45, 2.75) is 12.5 Å². The van der Waals surface area contributed by atoms with Crippen LogP contribution in [0.3, 0.4) is 0 Å². The normalized spacial score (nSPS) is 10.9. The highest BCUT2D eigenvalue weighted by Gasteiger charge is 2.25. The molecule has 0 aliphatic rings. The van der Waals surface area contributed by atoms with Gasteiger partial charge < -0.3 is 51.4 Å². The van der Waals surface area contributed by atoms with E-state index in [1.807, 2.05) is 48.5 Å². The van der Waals surface area contributed by atoms with E-state index in [9.17, 15) is 49.3 Å². The van der Waals surface area contributed by atoms with E-state index in [1.165, 1.54) is 73.8 Å². The van der Waals surface area contributed by atoms with Crippen LogP contribution in [-0.4, -0.2) is 71.1 Å². The lowest BCUT2D eigenvalue weighted by atomic mass is 10.0. The number of ether oxygens (including phenoxy) is 2. The van der Waals surface area contributed by atoms with Crippen LogP contribution in [0.25, 0.3) is 11.1 Å². The molecule has 6 aromatic rings. The number of phenols is 2. The van der Waals surface area contributed by atoms with Gasteiger partial charge in [-0.15, -0.1) is 0 Å². The number of aromatic carboxylic acids is 1. The molecular formula is C47H38N6O11. The van der Waals surface area contributed by atoms with Crippen molar-refractivity contribution in [2.75, 3.05) is 35.5 Å². The minimum Gasteiger partial charge on any atom is -0.504 e. The smallest absolute Gasteiger partial charge is 0.339 e. The van der Waals surface area contributed by atoms with E-state index in [1.54, 1.807) is 12.1 Å². The number of carboxylic acids is 1. The van der Waals surface area contributed by atoms with Crippen LogP contribution in [0.4, 0.5) is 22.7 Å². The zero-order valence-corrected chi connectivity index (χ0v) is 34.0. The molecule has 0 saturated heterocycles. The minimum atomic E-state index is -1.42. The van der Waals surface area contributed by atoms with Gasteiger partial charge in [-0.05, 0) is 96.1 Å². The second-order valence-corrected chi connectivity index (χ2v) is 13.7. The molecule has 0 heterocycles. The van der Waals surface area contributed by atoms with Crippen molar-refractivity contribution >= 4 is 58.3 Å². The third-order valence-electron chi connectivity index (χ3n) is 9.63. The minimum absolute atomic E-state index is 0.0144. The number of carbonyl (C=O) groups is 6. The number of hydrogen-bond donors (Lipinski definition) is 8. The zero-order chi connectivity index (χ0) is 45.9. The first-order chi connectivity index (χ1) is 30.8. The van der Waals surface area contributed by atoms with Crippen molar-refractivity contribution in [3.63, 3.8) is 0 Å². The molecule has 0 aliphatic heterocycles. The molecule has 1 unspecified atom stereocenters. The Bertz CT molecular complexity index is 2790. The number of carboxylic acid groups (broad SMARTS) is 1. The van der Waals surface area contributed by atoms with Gasteiger partial charge in [0.25, 0.3) is 23.6 Å². The molecule has 0 saturated carbocycles. The number of carbonyl (C=O) groups excluding carboxylic acids is 5. The van der Waals surface area contributed by atoms with Gasteiger partial charge in [0.15, 0.2) is 23.0 Å². The Kier molecular flexibility index (Phi) is 13.8. The zero-order valence-electron chi connectivity index (χ0n) is 34.0. The number of phenolic OH excluding ortho intramolecular Hbond substituents is 1. The Morgan fingerprint density at radius 3 is 1.53 bits per heavy atom. The lowest BCUT2D eigenvalue weighted by Crippen LogP contribution is -2.43. The van der Waals surface area contributed by atoms with Gasteiger partial charge >= 0.3 is 5.97 Å². The van der Waals surface area contributed by atoms with Crippen molar-refractivity contribution in [3.8, 4) is 40.2 Å². The molecule has 1 atom stereocenters. The summed E-state index contributed by atoms with van der Waals surface area (Å²) in [7, 11) is 2.36. The second kappa shape index (κ2) is 19.9. The number of amides is 5. The van der Waals surface area contributed by atoms with Gasteiger partial charge in [0, 0.05) is 28.1 Å². The molecule has 322 valence electrons. The third-order valence-corrected chi connectivity index (χ3v) is 9.63. The summed E-state index contributed by atoms with van der Waals surface area (Å²) in [6, 6.07) is 33.9. The van der Waals surface area contributed by atoms with E-state index in [2.05, 4.69) is 26.6 Å². The van der Waals surface area contributed by atoms with Crippen LogP contribution in [0.2, 0.25) is 0 Å². The molecule has 6 aromatic carbocycles. The van der Waals surface area contributed by atoms with E-state index < -0.39 is 52.7 Å². The van der Waals surface area contributed by atoms with Gasteiger partial charge in [-0.3, -0.25) is 24.0 Å². The van der Waals surface area contributed by atoms with E-state index in [-0.39, 0.29) is 57.6 Å². The van der Waals surface area contributed by atoms with Crippen LogP contribution in [0.15, 0.2) is 127 Å². The molecule has 0 radical (unpaired) electrons. The predicted molar refractivity (Wildman–Crippen MR) is 235 cm³/mol. The summed E-state index contributed by atoms with van der Waals surface area (Å²) in [6.45, 7) is 0. The van der Waals surface area contributed by atoms with E-state index >= 15 is 0 Å². The molecule has 17 heteroatoms. The Balaban J connectivity index is 1.04. The molecule has 0 spiro atoms. The highest BCUT2D eigenvalue weighted by Crippen LogP contribution is 2.40. The Labute approximate surface area is 364 Å². The van der Waals surface area contributed by atoms with Gasteiger partial charge in [0.2, 0.25) is 5.91 Å². The van der Waals surface area contributed by atoms with E-state index in [4.69, 9.17) is 9.47 Å². The van der Waals surface area contributed by atoms with Crippen molar-refractivity contribution in [3.05, 3.63) is 155 Å². The number of hydrogen-bond acceptors (Lipinski definition) is 11. The number of benzene rings is 6. The molecule has 0 aliphatic carbocycles. The van der Waals surface area contributed by atoms with Crippen LogP contribution >= 0.6 is 0 Å². The fourth-order valence-corrected chi connectivity index (χ4v) is 6.32. The number of nitriles is 1. The number of aromatic hydroxyl groups is 2. The molecule has 6 rings (SSSR count). The SMILES string of the molecule is COc1c(NC(=O)c2ccc(NC(=O)c3ccc(NC(=O)C(CC#N)NC(=O)c4ccc(NC(=O)c5ccc(-c6ccccc6)cc5)cc4)cc3)c(OC)c2O)ccc(C(=O)O)c1O. The molecular weight excluding hydrogens is 825 g/mol. The Hall–Kier alpha value is -9.17. The topological polar surface area (TPSA) is 266 Å². The fraction of sp³-hybridized carbons (Fsp3) is 0.0851. The molecule has 17 nitrogen and oxygen atoms in total. The van der Waals surface area contributed by atoms with Gasteiger partial charge in [0.1, 0.15) is 11.6 Å². The largest absolute Gasteiger partial charge is 0.504 e. The maximum atomic E-state index is 13.2. The molecule has 64 heavy (non-hydrogen) atoms. The highest BCUT2D eigenvalue weighted by molar-refractivity contribution is 6.11. The highest BCUT2D eigenvalue weighted by atomic mass is 16.5. The van der Waals surface area contributed by atoms with Crippen LogP contribution in [0, 0.1) is 11.3 Å². The average Bonchev–Trinajstić information content (AvgIpc) is 3.29. The summed E-state index contributed by atoms with van der Waals surface area (Å²) in [5.41, 5.74) is 2.51. The summed E-state index contributed by atoms with van der Waals surface area (Å²) in [5, 5.41) is 52.9. The van der Waals surface area contributed by atoms with Crippen molar-refractivity contribution in [1.82, 2.24) is 5.32 Å². The first-order valence-electron chi connectivity index (χ1n) is 19.1. The molecule has 0 aromatic heterocycles. The number of anilines is 4. The standard InChI is InChI=1S/C47H38N6O11/c1-63-40-35(22-20-33(38(40)54)45(59)52-36-23-21-34(47(61)62)39(55)41(36)64-2)51-43(57)29-14-18-32(19-15-29)50-46(60)37(24-25-48)53-44(58)30-12-16-31(17-13-30)49-42(56)28-10-8-27(9-11-28)26-6-4-3-5-7-26/h3-23,37,54-55H,24H2,1-2H3,(H,49,56)(H,50,60)(H,51,57)(H,52,59)(H,53,58)(H,61,62). The molecule has 5 amide bonds. The summed E-state index contributed by atoms with van der Waals surface area (Å²) in [4.78, 5) is 76.9. The second-order valence-electron chi connectivity index (χ2n) is 13.7. The van der Waals surface area contributed by atoms with E-state index in [0.29, 0.717) is 11.3 Å². The summed E-state index contributed by atoms with van der Waals surface area (Å²) >= 11 is 0. The maximum Gasteiger partial charge on any atom is 0.339 e. The monoisotopic (exact) mass is 862 g/mol. The van der Waals surface area contributed by atoms with Crippen molar-refractivity contribution in [2.24, 2.45) is 0 Å². The lowest BCUT2D eigenvalue weighted by molar-refractivity contribution is -0.117. The first kappa shape index (κ1) is 44.4. The fourth-order valence-electron chi connectivity index (χ4n) is 6.32. The number of rotatable bonds is 15. The molecule has 0 fully saturated rings. The van der Waals surface area contributed by atoms with Crippen LogP contribution in [0.1, 0.15) is 58.2 Å². The predicted octanol–water partition coefficient (Wildman–Crippen LogP) is 6.89. The van der Waals surface area contributed by atoms with Gasteiger partial charge in [0.05, 0.1) is 43.6 Å². The summed E-state index contributed by atoms with van der Waals surface area (Å²) in [5.74, 6) is -6.63. The molecule has 0 bridgehead atoms. The molecule has 8 N–H and O–H groups in total. The summed E-state index contributed by atoms with van der Waals surface area (Å²) in [6.07, 6.45) is -0.359. The first-order valence-corrected chi connectivity index (χ1v) is 19.1. The number of methoxy groups -OCH3 is 2. The van der Waals surface area contributed by atoms with Crippen molar-refractivity contribution < 1.29 is 53.6 Å². The van der Waals surface area contributed by atoms with Crippen LogP contribution in [-0.2, 0) is 4.79 Å². The van der Waals surface area contributed by atoms with Gasteiger partial charge in [-0.1, -0.05) is 42.5 Å². The Morgan fingerprint density at radius 2 is 1.00 bits per heavy atom. The number of nitrogens with zero attached hydrogens (tertiary/aromatic N) is 1. The lowest BCUT2D eigenvalue weighted by Gasteiger charge is -2.17. The van der Waals surface area contributed by atoms with Crippen LogP contribution < -0.4 is 36.1 Å².